The van der Waals surface area contributed by atoms with Crippen LogP contribution in [0.25, 0.3) is 11.1 Å². The van der Waals surface area contributed by atoms with Crippen molar-refractivity contribution in [1.29, 1.82) is 0 Å². The topological polar surface area (TPSA) is 105 Å². The molecule has 3 aromatic rings. The maximum absolute atomic E-state index is 13.4. The van der Waals surface area contributed by atoms with Gasteiger partial charge in [-0.05, 0) is 53.3 Å². The van der Waals surface area contributed by atoms with E-state index in [4.69, 9.17) is 4.74 Å². The zero-order valence-electron chi connectivity index (χ0n) is 18.0. The van der Waals surface area contributed by atoms with Crippen molar-refractivity contribution in [3.8, 4) is 11.1 Å². The predicted molar refractivity (Wildman–Crippen MR) is 122 cm³/mol. The van der Waals surface area contributed by atoms with Crippen LogP contribution in [0.2, 0.25) is 0 Å². The summed E-state index contributed by atoms with van der Waals surface area (Å²) in [5.74, 6) is -2.79. The van der Waals surface area contributed by atoms with Crippen LogP contribution >= 0.6 is 0 Å². The maximum atomic E-state index is 13.4. The number of hydrogen-bond acceptors (Lipinski definition) is 4. The lowest BCUT2D eigenvalue weighted by Crippen LogP contribution is -2.46. The first-order valence-corrected chi connectivity index (χ1v) is 10.9. The number of alkyl carbamates (subject to hydrolysis) is 1. The molecule has 5 rings (SSSR count). The number of benzene rings is 3. The standard InChI is InChI=1S/C26H21FN2O5/c27-15-9-10-22(20(13-15)23(30)31)28-24(32)26(11-12-26)29-25(33)34-14-21-18-7-3-1-5-16(18)17-6-2-4-8-19(17)21/h1-10,13,21H,11-12,14H2,(H,28,32)(H,29,33)(H,30,31). The molecule has 1 saturated carbocycles. The van der Waals surface area contributed by atoms with Gasteiger partial charge >= 0.3 is 12.1 Å². The summed E-state index contributed by atoms with van der Waals surface area (Å²) < 4.78 is 18.9. The lowest BCUT2D eigenvalue weighted by Gasteiger charge is -2.19. The number of fused-ring (bicyclic) bond motifs is 3. The molecule has 0 radical (unpaired) electrons. The SMILES string of the molecule is O=C(NC1(C(=O)Nc2ccc(F)cc2C(=O)O)CC1)OCC1c2ccccc2-c2ccccc21. The van der Waals surface area contributed by atoms with E-state index in [0.717, 1.165) is 34.4 Å². The molecule has 3 N–H and O–H groups in total. The maximum Gasteiger partial charge on any atom is 0.408 e. The molecule has 0 saturated heterocycles. The predicted octanol–water partition coefficient (Wildman–Crippen LogP) is 4.53. The molecule has 0 bridgehead atoms. The van der Waals surface area contributed by atoms with Crippen LogP contribution in [0.3, 0.4) is 0 Å². The molecule has 1 fully saturated rings. The Balaban J connectivity index is 1.25. The average molecular weight is 460 g/mol. The fourth-order valence-electron chi connectivity index (χ4n) is 4.41. The van der Waals surface area contributed by atoms with Gasteiger partial charge in [-0.3, -0.25) is 4.79 Å². The molecule has 7 nitrogen and oxygen atoms in total. The number of carbonyl (C=O) groups excluding carboxylic acids is 2. The molecule has 0 aliphatic heterocycles. The van der Waals surface area contributed by atoms with Crippen LogP contribution in [-0.2, 0) is 9.53 Å². The van der Waals surface area contributed by atoms with Crippen LogP contribution in [0.15, 0.2) is 66.7 Å². The van der Waals surface area contributed by atoms with Gasteiger partial charge in [-0.2, -0.15) is 0 Å². The molecule has 172 valence electrons. The Labute approximate surface area is 194 Å². The van der Waals surface area contributed by atoms with Gasteiger partial charge in [0.2, 0.25) is 5.91 Å². The van der Waals surface area contributed by atoms with E-state index >= 15 is 0 Å². The Morgan fingerprint density at radius 2 is 1.59 bits per heavy atom. The van der Waals surface area contributed by atoms with Crippen molar-refractivity contribution in [2.75, 3.05) is 11.9 Å². The van der Waals surface area contributed by atoms with Gasteiger partial charge in [0.1, 0.15) is 18.0 Å². The molecule has 0 atom stereocenters. The summed E-state index contributed by atoms with van der Waals surface area (Å²) in [6.07, 6.45) is 0.0336. The molecule has 2 amide bonds. The highest BCUT2D eigenvalue weighted by Crippen LogP contribution is 2.44. The number of ether oxygens (including phenoxy) is 1. The van der Waals surface area contributed by atoms with Crippen molar-refractivity contribution < 1.29 is 28.6 Å². The van der Waals surface area contributed by atoms with Gasteiger partial charge in [-0.15, -0.1) is 0 Å². The number of halogens is 1. The number of carboxylic acid groups (broad SMARTS) is 1. The number of rotatable bonds is 6. The highest BCUT2D eigenvalue weighted by molar-refractivity contribution is 6.06. The molecule has 0 unspecified atom stereocenters. The van der Waals surface area contributed by atoms with E-state index in [1.54, 1.807) is 0 Å². The third-order valence-corrected chi connectivity index (χ3v) is 6.33. The van der Waals surface area contributed by atoms with Crippen molar-refractivity contribution in [3.63, 3.8) is 0 Å². The first-order valence-electron chi connectivity index (χ1n) is 10.9. The number of hydrogen-bond donors (Lipinski definition) is 3. The van der Waals surface area contributed by atoms with Crippen molar-refractivity contribution in [2.24, 2.45) is 0 Å². The van der Waals surface area contributed by atoms with Crippen LogP contribution in [0.1, 0.15) is 40.2 Å². The summed E-state index contributed by atoms with van der Waals surface area (Å²) >= 11 is 0. The van der Waals surface area contributed by atoms with Gasteiger partial charge in [0.25, 0.3) is 0 Å². The van der Waals surface area contributed by atoms with Crippen LogP contribution in [0.5, 0.6) is 0 Å². The number of nitrogens with one attached hydrogen (secondary N) is 2. The third kappa shape index (κ3) is 3.87. The van der Waals surface area contributed by atoms with E-state index in [2.05, 4.69) is 10.6 Å². The molecule has 2 aliphatic carbocycles. The highest BCUT2D eigenvalue weighted by Gasteiger charge is 2.52. The molecular formula is C26H21FN2O5. The second kappa shape index (κ2) is 8.30. The van der Waals surface area contributed by atoms with Gasteiger partial charge in [0.05, 0.1) is 11.3 Å². The number of carboxylic acids is 1. The first-order chi connectivity index (χ1) is 16.4. The minimum atomic E-state index is -1.37. The summed E-state index contributed by atoms with van der Waals surface area (Å²) in [7, 11) is 0. The Hall–Kier alpha value is -4.20. The van der Waals surface area contributed by atoms with Crippen molar-refractivity contribution in [1.82, 2.24) is 5.32 Å². The third-order valence-electron chi connectivity index (χ3n) is 6.33. The molecule has 0 heterocycles. The molecule has 0 spiro atoms. The van der Waals surface area contributed by atoms with Crippen molar-refractivity contribution >= 4 is 23.7 Å². The quantitative estimate of drug-likeness (QED) is 0.501. The highest BCUT2D eigenvalue weighted by atomic mass is 19.1. The molecule has 3 aromatic carbocycles. The van der Waals surface area contributed by atoms with E-state index in [1.807, 2.05) is 48.5 Å². The zero-order chi connectivity index (χ0) is 23.9. The normalized spacial score (nSPS) is 15.1. The van der Waals surface area contributed by atoms with E-state index < -0.39 is 29.3 Å². The Morgan fingerprint density at radius 1 is 0.971 bits per heavy atom. The molecule has 34 heavy (non-hydrogen) atoms. The number of anilines is 1. The summed E-state index contributed by atoms with van der Waals surface area (Å²) in [5, 5.41) is 14.4. The number of carbonyl (C=O) groups is 3. The average Bonchev–Trinajstić information content (AvgIpc) is 3.54. The molecule has 2 aliphatic rings. The lowest BCUT2D eigenvalue weighted by atomic mass is 9.98. The summed E-state index contributed by atoms with van der Waals surface area (Å²) in [5.41, 5.74) is 2.77. The largest absolute Gasteiger partial charge is 0.478 e. The second-order valence-corrected chi connectivity index (χ2v) is 8.48. The van der Waals surface area contributed by atoms with Crippen molar-refractivity contribution in [2.45, 2.75) is 24.3 Å². The van der Waals surface area contributed by atoms with Gasteiger partial charge in [-0.25, -0.2) is 14.0 Å². The Kier molecular flexibility index (Phi) is 5.28. The van der Waals surface area contributed by atoms with E-state index in [0.29, 0.717) is 12.8 Å². The van der Waals surface area contributed by atoms with Gasteiger partial charge < -0.3 is 20.5 Å². The van der Waals surface area contributed by atoms with Crippen molar-refractivity contribution in [3.05, 3.63) is 89.2 Å². The van der Waals surface area contributed by atoms with Gasteiger partial charge in [0.15, 0.2) is 0 Å². The molecule has 0 aromatic heterocycles. The zero-order valence-corrected chi connectivity index (χ0v) is 18.0. The summed E-state index contributed by atoms with van der Waals surface area (Å²) in [4.78, 5) is 36.8. The van der Waals surface area contributed by atoms with Gasteiger partial charge in [0, 0.05) is 5.92 Å². The lowest BCUT2D eigenvalue weighted by molar-refractivity contribution is -0.119. The van der Waals surface area contributed by atoms with E-state index in [1.165, 1.54) is 6.07 Å². The van der Waals surface area contributed by atoms with E-state index in [9.17, 15) is 23.9 Å². The monoisotopic (exact) mass is 460 g/mol. The fourth-order valence-corrected chi connectivity index (χ4v) is 4.41. The van der Waals surface area contributed by atoms with Gasteiger partial charge in [-0.1, -0.05) is 48.5 Å². The number of aromatic carboxylic acids is 1. The van der Waals surface area contributed by atoms with E-state index in [-0.39, 0.29) is 23.8 Å². The fraction of sp³-hybridized carbons (Fsp3) is 0.192. The van der Waals surface area contributed by atoms with Crippen LogP contribution in [0, 0.1) is 5.82 Å². The molecular weight excluding hydrogens is 439 g/mol. The van der Waals surface area contributed by atoms with Crippen LogP contribution in [0.4, 0.5) is 14.9 Å². The Bertz CT molecular complexity index is 1270. The Morgan fingerprint density at radius 3 is 2.18 bits per heavy atom. The first kappa shape index (κ1) is 21.6. The second-order valence-electron chi connectivity index (χ2n) is 8.48. The summed E-state index contributed by atoms with van der Waals surface area (Å²) in [6, 6.07) is 19.0. The minimum Gasteiger partial charge on any atom is -0.478 e. The van der Waals surface area contributed by atoms with Crippen LogP contribution in [-0.4, -0.2) is 35.2 Å². The minimum absolute atomic E-state index is 0.0421. The van der Waals surface area contributed by atoms with Crippen LogP contribution < -0.4 is 10.6 Å². The number of amides is 2. The summed E-state index contributed by atoms with van der Waals surface area (Å²) in [6.45, 7) is 0.110. The smallest absolute Gasteiger partial charge is 0.408 e. The molecule has 8 heteroatoms.